The van der Waals surface area contributed by atoms with E-state index in [2.05, 4.69) is 19.1 Å². The number of hydrogen-bond donors (Lipinski definition) is 0. The highest BCUT2D eigenvalue weighted by Crippen LogP contribution is 2.11. The Balaban J connectivity index is 3.07. The molecule has 0 atom stereocenters. The minimum absolute atomic E-state index is 0.221. The zero-order valence-electron chi connectivity index (χ0n) is 14.8. The molecule has 0 saturated carbocycles. The van der Waals surface area contributed by atoms with Gasteiger partial charge >= 0.3 is 5.97 Å². The van der Waals surface area contributed by atoms with Crippen LogP contribution in [0.1, 0.15) is 110 Å². The molecule has 2 nitrogen and oxygen atoms in total. The van der Waals surface area contributed by atoms with Gasteiger partial charge in [-0.25, -0.2) is 9.90 Å². The van der Waals surface area contributed by atoms with E-state index in [4.69, 9.17) is 0 Å². The Kier molecular flexibility index (Phi) is 17.6. The zero-order valence-corrected chi connectivity index (χ0v) is 14.8. The van der Waals surface area contributed by atoms with Gasteiger partial charge in [-0.3, -0.25) is 0 Å². The number of rotatable bonds is 17. The lowest BCUT2D eigenvalue weighted by Crippen LogP contribution is -1.91. The molecule has 0 amide bonds. The molecule has 0 aromatic heterocycles. The molecule has 0 rings (SSSR count). The maximum atomic E-state index is 10.2. The smallest absolute Gasteiger partial charge is 0.247 e. The Labute approximate surface area is 138 Å². The topological polar surface area (TPSA) is 37.0 Å². The van der Waals surface area contributed by atoms with Crippen LogP contribution in [0.3, 0.4) is 0 Å². The van der Waals surface area contributed by atoms with Crippen LogP contribution in [-0.2, 0) is 9.90 Å². The van der Waals surface area contributed by atoms with Crippen LogP contribution in [0.2, 0.25) is 0 Å². The predicted molar refractivity (Wildman–Crippen MR) is 94.4 cm³/mol. The van der Waals surface area contributed by atoms with Crippen molar-refractivity contribution < 1.29 is 9.90 Å². The van der Waals surface area contributed by atoms with E-state index in [0.717, 1.165) is 19.3 Å². The highest BCUT2D eigenvalue weighted by Gasteiger charge is 1.98. The second-order valence-corrected chi connectivity index (χ2v) is 6.41. The molecule has 0 fully saturated rings. The number of carbonyl (C=O) groups is 1. The molecule has 0 aliphatic rings. The number of hydrogen-bond acceptors (Lipinski definition) is 1. The minimum Gasteiger partial charge on any atom is -0.247 e. The summed E-state index contributed by atoms with van der Waals surface area (Å²) in [6.07, 6.45) is 23.8. The first kappa shape index (κ1) is 21.2. The minimum atomic E-state index is -0.913. The molecule has 0 aromatic rings. The fourth-order valence-electron chi connectivity index (χ4n) is 2.69. The molecule has 0 unspecified atom stereocenters. The van der Waals surface area contributed by atoms with Crippen LogP contribution in [0.4, 0.5) is 0 Å². The first-order valence-electron chi connectivity index (χ1n) is 9.62. The maximum absolute atomic E-state index is 10.2. The highest BCUT2D eigenvalue weighted by atomic mass is 16.4. The van der Waals surface area contributed by atoms with Gasteiger partial charge in [-0.05, 0) is 32.1 Å². The van der Waals surface area contributed by atoms with Gasteiger partial charge in [-0.15, -0.1) is 0 Å². The van der Waals surface area contributed by atoms with E-state index in [1.165, 1.54) is 77.0 Å². The lowest BCUT2D eigenvalue weighted by atomic mass is 10.1. The van der Waals surface area contributed by atoms with Crippen LogP contribution in [0.5, 0.6) is 0 Å². The summed E-state index contributed by atoms with van der Waals surface area (Å²) in [5.74, 6) is -0.913. The van der Waals surface area contributed by atoms with Crippen LogP contribution >= 0.6 is 0 Å². The van der Waals surface area contributed by atoms with E-state index in [9.17, 15) is 9.90 Å². The van der Waals surface area contributed by atoms with Gasteiger partial charge in [0.15, 0.2) is 0 Å². The lowest BCUT2D eigenvalue weighted by molar-refractivity contribution is -0.143. The van der Waals surface area contributed by atoms with E-state index >= 15 is 0 Å². The van der Waals surface area contributed by atoms with Gasteiger partial charge < -0.3 is 0 Å². The Morgan fingerprint density at radius 3 is 1.50 bits per heavy atom. The molecule has 0 heterocycles. The normalized spacial score (nSPS) is 11.3. The lowest BCUT2D eigenvalue weighted by Gasteiger charge is -2.00. The number of unbranched alkanes of at least 4 members (excludes halogenated alkanes) is 13. The van der Waals surface area contributed by atoms with E-state index in [0.29, 0.717) is 0 Å². The third-order valence-electron chi connectivity index (χ3n) is 4.14. The molecule has 2 heteroatoms. The van der Waals surface area contributed by atoms with Crippen molar-refractivity contribution in [3.8, 4) is 0 Å². The van der Waals surface area contributed by atoms with Gasteiger partial charge in [0.2, 0.25) is 0 Å². The van der Waals surface area contributed by atoms with Crippen LogP contribution in [-0.4, -0.2) is 5.97 Å². The van der Waals surface area contributed by atoms with Crippen molar-refractivity contribution in [1.82, 2.24) is 0 Å². The Morgan fingerprint density at radius 2 is 1.05 bits per heavy atom. The van der Waals surface area contributed by atoms with Gasteiger partial charge in [0.05, 0.1) is 6.42 Å². The van der Waals surface area contributed by atoms with E-state index < -0.39 is 5.97 Å². The molecular weight excluding hydrogens is 272 g/mol. The fraction of sp³-hybridized carbons (Fsp3) is 0.850. The van der Waals surface area contributed by atoms with Crippen molar-refractivity contribution in [3.05, 3.63) is 12.2 Å². The van der Waals surface area contributed by atoms with Crippen LogP contribution in [0, 0.1) is 0 Å². The summed E-state index contributed by atoms with van der Waals surface area (Å²) in [5.41, 5.74) is 0. The van der Waals surface area contributed by atoms with Crippen molar-refractivity contribution >= 4 is 5.97 Å². The first-order valence-corrected chi connectivity index (χ1v) is 9.62. The third-order valence-corrected chi connectivity index (χ3v) is 4.14. The van der Waals surface area contributed by atoms with Crippen LogP contribution < -0.4 is 0 Å². The standard InChI is InChI=1S/C20H37O2/c1-2-3-4-5-6-7-8-9-10-11-12-13-14-15-16-17-18-19-20(21)22/h11-12H,2-10,13-19H2,1H3/b12-11-. The largest absolute Gasteiger partial charge is 0.355 e. The van der Waals surface area contributed by atoms with Crippen molar-refractivity contribution in [3.63, 3.8) is 0 Å². The van der Waals surface area contributed by atoms with Crippen molar-refractivity contribution in [2.24, 2.45) is 0 Å². The fourth-order valence-corrected chi connectivity index (χ4v) is 2.69. The third kappa shape index (κ3) is 19.2. The van der Waals surface area contributed by atoms with Gasteiger partial charge in [0, 0.05) is 0 Å². The summed E-state index contributed by atoms with van der Waals surface area (Å²) in [4.78, 5) is 10.2. The van der Waals surface area contributed by atoms with Gasteiger partial charge in [-0.1, -0.05) is 83.3 Å². The second-order valence-electron chi connectivity index (χ2n) is 6.41. The molecule has 0 aliphatic heterocycles. The highest BCUT2D eigenvalue weighted by molar-refractivity contribution is 5.66. The summed E-state index contributed by atoms with van der Waals surface area (Å²) in [6.45, 7) is 2.27. The van der Waals surface area contributed by atoms with E-state index in [-0.39, 0.29) is 6.42 Å². The summed E-state index contributed by atoms with van der Waals surface area (Å²) in [5, 5.41) is 10.2. The second kappa shape index (κ2) is 18.3. The zero-order chi connectivity index (χ0) is 16.3. The quantitative estimate of drug-likeness (QED) is 0.216. The number of allylic oxidation sites excluding steroid dienone is 2. The van der Waals surface area contributed by atoms with Gasteiger partial charge in [0.1, 0.15) is 0 Å². The molecule has 0 saturated heterocycles. The molecule has 0 bridgehead atoms. The average Bonchev–Trinajstić information content (AvgIpc) is 2.50. The molecule has 0 aromatic carbocycles. The van der Waals surface area contributed by atoms with E-state index in [1.807, 2.05) is 0 Å². The van der Waals surface area contributed by atoms with Gasteiger partial charge in [-0.2, -0.15) is 0 Å². The first-order chi connectivity index (χ1) is 10.8. The predicted octanol–water partition coefficient (Wildman–Crippen LogP) is 6.76. The molecule has 129 valence electrons. The summed E-state index contributed by atoms with van der Waals surface area (Å²) >= 11 is 0. The molecule has 1 radical (unpaired) electrons. The van der Waals surface area contributed by atoms with Crippen molar-refractivity contribution in [2.45, 2.75) is 110 Å². The Hall–Kier alpha value is -0.790. The summed E-state index contributed by atoms with van der Waals surface area (Å²) in [7, 11) is 0. The van der Waals surface area contributed by atoms with Crippen LogP contribution in [0.15, 0.2) is 12.2 Å². The molecular formula is C20H37O2. The SMILES string of the molecule is CCCCCCCCCC/C=C\CCCCCCCC([O])=O. The molecule has 0 spiro atoms. The monoisotopic (exact) mass is 309 g/mol. The average molecular weight is 310 g/mol. The maximum Gasteiger partial charge on any atom is 0.355 e. The Bertz CT molecular complexity index is 258. The molecule has 22 heavy (non-hydrogen) atoms. The van der Waals surface area contributed by atoms with Crippen molar-refractivity contribution in [1.29, 1.82) is 0 Å². The summed E-state index contributed by atoms with van der Waals surface area (Å²) < 4.78 is 0. The van der Waals surface area contributed by atoms with E-state index in [1.54, 1.807) is 0 Å². The molecule has 0 N–H and O–H groups in total. The summed E-state index contributed by atoms with van der Waals surface area (Å²) in [6, 6.07) is 0. The number of carbonyl (C=O) groups excluding carboxylic acids is 1. The van der Waals surface area contributed by atoms with Crippen molar-refractivity contribution in [2.75, 3.05) is 0 Å². The van der Waals surface area contributed by atoms with Crippen LogP contribution in [0.25, 0.3) is 0 Å². The Morgan fingerprint density at radius 1 is 0.636 bits per heavy atom. The molecule has 0 aliphatic carbocycles. The van der Waals surface area contributed by atoms with Gasteiger partial charge in [0.25, 0.3) is 0 Å².